The van der Waals surface area contributed by atoms with Crippen LogP contribution in [0.1, 0.15) is 12.8 Å². The SMILES string of the molecule is CSCCCCNC(=O)N(CC(=O)O)c1ccccc1. The molecule has 20 heavy (non-hydrogen) atoms. The number of para-hydroxylation sites is 1. The predicted octanol–water partition coefficient (Wildman–Crippen LogP) is 2.43. The van der Waals surface area contributed by atoms with Gasteiger partial charge < -0.3 is 10.4 Å². The first-order chi connectivity index (χ1) is 9.65. The summed E-state index contributed by atoms with van der Waals surface area (Å²) in [6.45, 7) is 0.211. The summed E-state index contributed by atoms with van der Waals surface area (Å²) in [7, 11) is 0. The van der Waals surface area contributed by atoms with Crippen LogP contribution < -0.4 is 10.2 Å². The van der Waals surface area contributed by atoms with Crippen LogP contribution in [0.2, 0.25) is 0 Å². The van der Waals surface area contributed by atoms with Gasteiger partial charge in [-0.25, -0.2) is 4.79 Å². The van der Waals surface area contributed by atoms with Gasteiger partial charge >= 0.3 is 12.0 Å². The Labute approximate surface area is 123 Å². The fourth-order valence-electron chi connectivity index (χ4n) is 1.69. The second kappa shape index (κ2) is 9.25. The van der Waals surface area contributed by atoms with Crippen LogP contribution >= 0.6 is 11.8 Å². The third kappa shape index (κ3) is 5.97. The molecule has 2 amide bonds. The van der Waals surface area contributed by atoms with E-state index in [9.17, 15) is 9.59 Å². The molecule has 1 aromatic carbocycles. The molecule has 0 atom stereocenters. The molecule has 110 valence electrons. The molecule has 0 spiro atoms. The molecular weight excluding hydrogens is 276 g/mol. The van der Waals surface area contributed by atoms with Gasteiger partial charge in [0, 0.05) is 12.2 Å². The Morgan fingerprint density at radius 2 is 1.95 bits per heavy atom. The molecule has 0 aliphatic heterocycles. The van der Waals surface area contributed by atoms with Crippen molar-refractivity contribution in [3.63, 3.8) is 0 Å². The number of carbonyl (C=O) groups excluding carboxylic acids is 1. The highest BCUT2D eigenvalue weighted by atomic mass is 32.2. The van der Waals surface area contributed by atoms with Crippen molar-refractivity contribution in [2.75, 3.05) is 30.0 Å². The zero-order valence-corrected chi connectivity index (χ0v) is 12.4. The van der Waals surface area contributed by atoms with Crippen LogP contribution in [0, 0.1) is 0 Å². The second-order valence-electron chi connectivity index (χ2n) is 4.25. The number of hydrogen-bond donors (Lipinski definition) is 2. The van der Waals surface area contributed by atoms with Gasteiger partial charge in [-0.05, 0) is 37.0 Å². The van der Waals surface area contributed by atoms with Gasteiger partial charge in [-0.3, -0.25) is 9.69 Å². The van der Waals surface area contributed by atoms with Gasteiger partial charge in [0.05, 0.1) is 0 Å². The number of rotatable bonds is 8. The van der Waals surface area contributed by atoms with Crippen molar-refractivity contribution in [3.8, 4) is 0 Å². The summed E-state index contributed by atoms with van der Waals surface area (Å²) in [6.07, 6.45) is 3.97. The van der Waals surface area contributed by atoms with Crippen molar-refractivity contribution >= 4 is 29.4 Å². The average molecular weight is 296 g/mol. The first-order valence-electron chi connectivity index (χ1n) is 6.46. The number of aliphatic carboxylic acids is 1. The van der Waals surface area contributed by atoms with E-state index in [1.807, 2.05) is 12.3 Å². The number of nitrogens with one attached hydrogen (secondary N) is 1. The zero-order valence-electron chi connectivity index (χ0n) is 11.5. The van der Waals surface area contributed by atoms with Crippen molar-refractivity contribution in [3.05, 3.63) is 30.3 Å². The first kappa shape index (κ1) is 16.4. The van der Waals surface area contributed by atoms with Crippen LogP contribution in [0.5, 0.6) is 0 Å². The highest BCUT2D eigenvalue weighted by Crippen LogP contribution is 2.13. The van der Waals surface area contributed by atoms with Gasteiger partial charge in [0.2, 0.25) is 0 Å². The molecule has 5 nitrogen and oxygen atoms in total. The Morgan fingerprint density at radius 1 is 1.25 bits per heavy atom. The molecule has 0 bridgehead atoms. The number of anilines is 1. The van der Waals surface area contributed by atoms with Crippen molar-refractivity contribution in [1.82, 2.24) is 5.32 Å². The van der Waals surface area contributed by atoms with E-state index in [4.69, 9.17) is 5.11 Å². The maximum absolute atomic E-state index is 12.1. The lowest BCUT2D eigenvalue weighted by atomic mass is 10.3. The van der Waals surface area contributed by atoms with Crippen molar-refractivity contribution in [2.45, 2.75) is 12.8 Å². The van der Waals surface area contributed by atoms with Crippen molar-refractivity contribution < 1.29 is 14.7 Å². The van der Waals surface area contributed by atoms with Crippen LogP contribution in [0.3, 0.4) is 0 Å². The lowest BCUT2D eigenvalue weighted by Gasteiger charge is -2.21. The summed E-state index contributed by atoms with van der Waals surface area (Å²) in [6, 6.07) is 8.43. The Kier molecular flexibility index (Phi) is 7.57. The van der Waals surface area contributed by atoms with Crippen LogP contribution in [0.4, 0.5) is 10.5 Å². The fraction of sp³-hybridized carbons (Fsp3) is 0.429. The summed E-state index contributed by atoms with van der Waals surface area (Å²) in [5.74, 6) is 0.0271. The molecule has 0 radical (unpaired) electrons. The standard InChI is InChI=1S/C14H20N2O3S/c1-20-10-6-5-9-15-14(19)16(11-13(17)18)12-7-3-2-4-8-12/h2-4,7-8H,5-6,9-11H2,1H3,(H,15,19)(H,17,18). The van der Waals surface area contributed by atoms with Crippen molar-refractivity contribution in [2.24, 2.45) is 0 Å². The molecule has 2 N–H and O–H groups in total. The summed E-state index contributed by atoms with van der Waals surface area (Å²) >= 11 is 1.77. The van der Waals surface area contributed by atoms with E-state index in [1.165, 1.54) is 4.90 Å². The highest BCUT2D eigenvalue weighted by Gasteiger charge is 2.17. The Balaban J connectivity index is 2.55. The summed E-state index contributed by atoms with van der Waals surface area (Å²) < 4.78 is 0. The second-order valence-corrected chi connectivity index (χ2v) is 5.23. The fourth-order valence-corrected chi connectivity index (χ4v) is 2.18. The monoisotopic (exact) mass is 296 g/mol. The van der Waals surface area contributed by atoms with E-state index in [0.29, 0.717) is 12.2 Å². The van der Waals surface area contributed by atoms with Gasteiger partial charge in [-0.2, -0.15) is 11.8 Å². The molecule has 0 aliphatic carbocycles. The molecule has 0 fully saturated rings. The molecule has 6 heteroatoms. The Morgan fingerprint density at radius 3 is 2.55 bits per heavy atom. The normalized spacial score (nSPS) is 10.1. The molecule has 0 saturated carbocycles. The number of benzene rings is 1. The number of carboxylic acid groups (broad SMARTS) is 1. The molecule has 0 heterocycles. The van der Waals surface area contributed by atoms with E-state index >= 15 is 0 Å². The highest BCUT2D eigenvalue weighted by molar-refractivity contribution is 7.98. The zero-order chi connectivity index (χ0) is 14.8. The van der Waals surface area contributed by atoms with E-state index < -0.39 is 5.97 Å². The number of amides is 2. The summed E-state index contributed by atoms with van der Waals surface area (Å²) in [5, 5.41) is 11.7. The Bertz CT molecular complexity index is 426. The average Bonchev–Trinajstić information content (AvgIpc) is 2.45. The van der Waals surface area contributed by atoms with E-state index in [1.54, 1.807) is 36.0 Å². The maximum atomic E-state index is 12.1. The molecule has 1 aromatic rings. The van der Waals surface area contributed by atoms with Gasteiger partial charge in [0.1, 0.15) is 6.54 Å². The minimum absolute atomic E-state index is 0.347. The molecule has 0 aromatic heterocycles. The van der Waals surface area contributed by atoms with Crippen LogP contribution in [-0.2, 0) is 4.79 Å². The number of carboxylic acids is 1. The number of hydrogen-bond acceptors (Lipinski definition) is 3. The molecular formula is C14H20N2O3S. The number of carbonyl (C=O) groups is 2. The van der Waals surface area contributed by atoms with Crippen LogP contribution in [-0.4, -0.2) is 42.2 Å². The third-order valence-electron chi connectivity index (χ3n) is 2.66. The van der Waals surface area contributed by atoms with Crippen molar-refractivity contribution in [1.29, 1.82) is 0 Å². The predicted molar refractivity (Wildman–Crippen MR) is 82.4 cm³/mol. The molecule has 0 aliphatic rings. The van der Waals surface area contributed by atoms with E-state index in [-0.39, 0.29) is 12.6 Å². The van der Waals surface area contributed by atoms with Gasteiger partial charge in [-0.1, -0.05) is 18.2 Å². The topological polar surface area (TPSA) is 69.6 Å². The summed E-state index contributed by atoms with van der Waals surface area (Å²) in [4.78, 5) is 24.2. The third-order valence-corrected chi connectivity index (χ3v) is 3.35. The lowest BCUT2D eigenvalue weighted by Crippen LogP contribution is -2.43. The summed E-state index contributed by atoms with van der Waals surface area (Å²) in [5.41, 5.74) is 0.580. The van der Waals surface area contributed by atoms with E-state index in [0.717, 1.165) is 18.6 Å². The largest absolute Gasteiger partial charge is 0.480 e. The quantitative estimate of drug-likeness (QED) is 0.723. The van der Waals surface area contributed by atoms with Gasteiger partial charge in [0.25, 0.3) is 0 Å². The maximum Gasteiger partial charge on any atom is 0.323 e. The number of unbranched alkanes of at least 4 members (excludes halogenated alkanes) is 1. The minimum atomic E-state index is -1.04. The van der Waals surface area contributed by atoms with Crippen LogP contribution in [0.15, 0.2) is 30.3 Å². The van der Waals surface area contributed by atoms with Gasteiger partial charge in [-0.15, -0.1) is 0 Å². The molecule has 1 rings (SSSR count). The number of nitrogens with zero attached hydrogens (tertiary/aromatic N) is 1. The number of urea groups is 1. The first-order valence-corrected chi connectivity index (χ1v) is 7.85. The molecule has 0 saturated heterocycles. The van der Waals surface area contributed by atoms with E-state index in [2.05, 4.69) is 5.32 Å². The lowest BCUT2D eigenvalue weighted by molar-refractivity contribution is -0.135. The minimum Gasteiger partial charge on any atom is -0.480 e. The van der Waals surface area contributed by atoms with Gasteiger partial charge in [0.15, 0.2) is 0 Å². The van der Waals surface area contributed by atoms with Crippen LogP contribution in [0.25, 0.3) is 0 Å². The molecule has 0 unspecified atom stereocenters. The smallest absolute Gasteiger partial charge is 0.323 e. The number of thioether (sulfide) groups is 1. The Hall–Kier alpha value is -1.69.